The maximum atomic E-state index is 12.2. The van der Waals surface area contributed by atoms with E-state index < -0.39 is 5.97 Å². The Kier molecular flexibility index (Phi) is 5.43. The van der Waals surface area contributed by atoms with Crippen LogP contribution in [-0.4, -0.2) is 19.0 Å². The molecular weight excluding hydrogens is 445 g/mol. The van der Waals surface area contributed by atoms with Gasteiger partial charge >= 0.3 is 5.97 Å². The van der Waals surface area contributed by atoms with Crippen molar-refractivity contribution in [2.45, 2.75) is 0 Å². The lowest BCUT2D eigenvalue weighted by Crippen LogP contribution is -2.12. The monoisotopic (exact) mass is 451 g/mol. The number of hydrogen-bond acceptors (Lipinski definition) is 4. The largest absolute Gasteiger partial charge is 0.465 e. The Morgan fingerprint density at radius 1 is 1.29 bits per heavy atom. The second-order valence-corrected chi connectivity index (χ2v) is 8.03. The van der Waals surface area contributed by atoms with Gasteiger partial charge in [-0.3, -0.25) is 4.79 Å². The van der Waals surface area contributed by atoms with E-state index in [4.69, 9.17) is 11.6 Å². The molecule has 0 unspecified atom stereocenters. The van der Waals surface area contributed by atoms with Gasteiger partial charge in [0, 0.05) is 0 Å². The van der Waals surface area contributed by atoms with Crippen molar-refractivity contribution < 1.29 is 14.3 Å². The lowest BCUT2D eigenvalue weighted by Gasteiger charge is -2.08. The molecule has 0 atom stereocenters. The molecule has 2 rings (SSSR count). The lowest BCUT2D eigenvalue weighted by molar-refractivity contribution is 0.0600. The summed E-state index contributed by atoms with van der Waals surface area (Å²) in [5.41, 5.74) is 1.13. The maximum Gasteiger partial charge on any atom is 0.337 e. The number of benzene rings is 1. The summed E-state index contributed by atoms with van der Waals surface area (Å²) in [6.07, 6.45) is 0. The molecular formula is C13H8Br2ClNO3S. The maximum absolute atomic E-state index is 12.2. The number of amides is 1. The fourth-order valence-electron chi connectivity index (χ4n) is 1.55. The third kappa shape index (κ3) is 3.85. The van der Waals surface area contributed by atoms with Crippen molar-refractivity contribution >= 4 is 72.4 Å². The average molecular weight is 454 g/mol. The van der Waals surface area contributed by atoms with Gasteiger partial charge in [0.15, 0.2) is 0 Å². The number of thiophene rings is 1. The molecule has 2 aromatic rings. The molecule has 1 aromatic heterocycles. The van der Waals surface area contributed by atoms with Crippen molar-refractivity contribution in [2.24, 2.45) is 0 Å². The van der Waals surface area contributed by atoms with Gasteiger partial charge in [0.05, 0.1) is 36.5 Å². The number of rotatable bonds is 3. The molecule has 8 heteroatoms. The van der Waals surface area contributed by atoms with E-state index in [1.165, 1.54) is 36.6 Å². The number of methoxy groups -OCH3 is 1. The van der Waals surface area contributed by atoms with Crippen LogP contribution < -0.4 is 5.32 Å². The van der Waals surface area contributed by atoms with Crippen LogP contribution in [0.15, 0.2) is 31.8 Å². The summed E-state index contributed by atoms with van der Waals surface area (Å²) < 4.78 is 6.17. The van der Waals surface area contributed by atoms with Crippen LogP contribution in [0.2, 0.25) is 5.02 Å². The number of esters is 1. The van der Waals surface area contributed by atoms with E-state index in [-0.39, 0.29) is 5.91 Å². The summed E-state index contributed by atoms with van der Waals surface area (Å²) in [5.74, 6) is -0.825. The Bertz CT molecular complexity index is 717. The molecule has 0 fully saturated rings. The fourth-order valence-corrected chi connectivity index (χ4v) is 4.51. The van der Waals surface area contributed by atoms with Gasteiger partial charge in [-0.2, -0.15) is 0 Å². The van der Waals surface area contributed by atoms with E-state index in [1.807, 2.05) is 0 Å². The molecule has 1 heterocycles. The summed E-state index contributed by atoms with van der Waals surface area (Å²) in [5, 5.41) is 3.01. The molecule has 0 saturated heterocycles. The smallest absolute Gasteiger partial charge is 0.337 e. The van der Waals surface area contributed by atoms with Crippen LogP contribution in [0.3, 0.4) is 0 Å². The Labute approximate surface area is 146 Å². The molecule has 0 aliphatic heterocycles. The van der Waals surface area contributed by atoms with Crippen molar-refractivity contribution in [1.82, 2.24) is 0 Å². The molecule has 0 aliphatic rings. The number of ether oxygens (including phenoxy) is 1. The van der Waals surface area contributed by atoms with E-state index in [2.05, 4.69) is 41.9 Å². The third-order valence-corrected chi connectivity index (χ3v) is 5.21. The van der Waals surface area contributed by atoms with Crippen LogP contribution in [0, 0.1) is 0 Å². The van der Waals surface area contributed by atoms with E-state index in [9.17, 15) is 9.59 Å². The second kappa shape index (κ2) is 6.91. The van der Waals surface area contributed by atoms with Crippen molar-refractivity contribution in [3.63, 3.8) is 0 Å². The zero-order valence-electron chi connectivity index (χ0n) is 10.6. The zero-order valence-corrected chi connectivity index (χ0v) is 15.3. The van der Waals surface area contributed by atoms with Gasteiger partial charge in [-0.25, -0.2) is 4.79 Å². The molecule has 0 spiro atoms. The first kappa shape index (κ1) is 16.5. The van der Waals surface area contributed by atoms with Gasteiger partial charge in [0.25, 0.3) is 5.91 Å². The fraction of sp³-hybridized carbons (Fsp3) is 0.0769. The predicted octanol–water partition coefficient (Wildman–Crippen LogP) is 4.97. The Balaban J connectivity index is 2.28. The highest BCUT2D eigenvalue weighted by Gasteiger charge is 2.16. The highest BCUT2D eigenvalue weighted by molar-refractivity contribution is 9.12. The van der Waals surface area contributed by atoms with Crippen molar-refractivity contribution in [3.05, 3.63) is 48.0 Å². The van der Waals surface area contributed by atoms with Gasteiger partial charge in [-0.05, 0) is 56.1 Å². The van der Waals surface area contributed by atoms with E-state index in [0.29, 0.717) is 25.6 Å². The van der Waals surface area contributed by atoms with Crippen molar-refractivity contribution in [1.29, 1.82) is 0 Å². The molecule has 110 valence electrons. The van der Waals surface area contributed by atoms with Crippen LogP contribution in [0.25, 0.3) is 0 Å². The number of anilines is 1. The van der Waals surface area contributed by atoms with Crippen LogP contribution in [-0.2, 0) is 4.74 Å². The molecule has 1 N–H and O–H groups in total. The van der Waals surface area contributed by atoms with Crippen molar-refractivity contribution in [2.75, 3.05) is 12.4 Å². The number of halogens is 3. The van der Waals surface area contributed by atoms with Crippen LogP contribution >= 0.6 is 54.8 Å². The summed E-state index contributed by atoms with van der Waals surface area (Å²) in [4.78, 5) is 23.7. The van der Waals surface area contributed by atoms with E-state index in [0.717, 1.165) is 3.79 Å². The summed E-state index contributed by atoms with van der Waals surface area (Å²) in [7, 11) is 1.29. The molecule has 21 heavy (non-hydrogen) atoms. The minimum absolute atomic E-state index is 0.308. The molecule has 0 radical (unpaired) electrons. The Morgan fingerprint density at radius 2 is 2.00 bits per heavy atom. The van der Waals surface area contributed by atoms with Gasteiger partial charge in [-0.1, -0.05) is 11.6 Å². The minimum Gasteiger partial charge on any atom is -0.465 e. The van der Waals surface area contributed by atoms with Gasteiger partial charge < -0.3 is 10.1 Å². The standard InChI is InChI=1S/C13H8Br2ClNO3S/c1-20-13(19)6-2-3-8(16)9(4-6)17-12(18)7-5-10(14)21-11(7)15/h2-5H,1H3,(H,17,18). The first-order valence-corrected chi connectivity index (χ1v) is 8.34. The summed E-state index contributed by atoms with van der Waals surface area (Å²) in [6.45, 7) is 0. The molecule has 1 aromatic carbocycles. The first-order valence-electron chi connectivity index (χ1n) is 5.56. The van der Waals surface area contributed by atoms with Gasteiger partial charge in [-0.15, -0.1) is 11.3 Å². The van der Waals surface area contributed by atoms with Gasteiger partial charge in [0.2, 0.25) is 0 Å². The Hall–Kier alpha value is -0.890. The topological polar surface area (TPSA) is 55.4 Å². The second-order valence-electron chi connectivity index (χ2n) is 3.88. The zero-order chi connectivity index (χ0) is 15.6. The quantitative estimate of drug-likeness (QED) is 0.668. The van der Waals surface area contributed by atoms with Crippen LogP contribution in [0.5, 0.6) is 0 Å². The number of nitrogens with one attached hydrogen (secondary N) is 1. The van der Waals surface area contributed by atoms with Crippen molar-refractivity contribution in [3.8, 4) is 0 Å². The van der Waals surface area contributed by atoms with E-state index in [1.54, 1.807) is 6.07 Å². The number of hydrogen-bond donors (Lipinski definition) is 1. The predicted molar refractivity (Wildman–Crippen MR) is 90.5 cm³/mol. The molecule has 4 nitrogen and oxygen atoms in total. The molecule has 0 bridgehead atoms. The normalized spacial score (nSPS) is 10.3. The highest BCUT2D eigenvalue weighted by atomic mass is 79.9. The highest BCUT2D eigenvalue weighted by Crippen LogP contribution is 2.33. The third-order valence-electron chi connectivity index (χ3n) is 2.54. The van der Waals surface area contributed by atoms with Crippen LogP contribution in [0.1, 0.15) is 20.7 Å². The van der Waals surface area contributed by atoms with E-state index >= 15 is 0 Å². The minimum atomic E-state index is -0.498. The van der Waals surface area contributed by atoms with Crippen LogP contribution in [0.4, 0.5) is 5.69 Å². The molecule has 0 aliphatic carbocycles. The number of carbonyl (C=O) groups excluding carboxylic acids is 2. The lowest BCUT2D eigenvalue weighted by atomic mass is 10.2. The average Bonchev–Trinajstić information content (AvgIpc) is 2.79. The van der Waals surface area contributed by atoms with Gasteiger partial charge in [0.1, 0.15) is 0 Å². The summed E-state index contributed by atoms with van der Waals surface area (Å²) >= 11 is 14.1. The molecule has 1 amide bonds. The Morgan fingerprint density at radius 3 is 2.57 bits per heavy atom. The number of carbonyl (C=O) groups is 2. The summed E-state index contributed by atoms with van der Waals surface area (Å²) in [6, 6.07) is 6.23. The SMILES string of the molecule is COC(=O)c1ccc(Cl)c(NC(=O)c2cc(Br)sc2Br)c1. The first-order chi connectivity index (χ1) is 9.92. The molecule has 0 saturated carbocycles.